The Hall–Kier alpha value is -1.35. The quantitative estimate of drug-likeness (QED) is 0.929. The zero-order chi connectivity index (χ0) is 13.8. The minimum atomic E-state index is 0.420. The molecule has 1 heterocycles. The van der Waals surface area contributed by atoms with Crippen LogP contribution in [0.3, 0.4) is 0 Å². The molecule has 0 spiro atoms. The van der Waals surface area contributed by atoms with E-state index < -0.39 is 0 Å². The third kappa shape index (κ3) is 3.40. The van der Waals surface area contributed by atoms with Crippen molar-refractivity contribution in [1.82, 2.24) is 10.2 Å². The van der Waals surface area contributed by atoms with Crippen LogP contribution in [0.5, 0.6) is 0 Å². The number of benzene rings is 2. The van der Waals surface area contributed by atoms with Crippen LogP contribution in [0.25, 0.3) is 0 Å². The summed E-state index contributed by atoms with van der Waals surface area (Å²) in [6.07, 6.45) is 0. The molecule has 1 aliphatic heterocycles. The fraction of sp³-hybridized carbons (Fsp3) is 0.294. The first kappa shape index (κ1) is 13.6. The number of halogens is 1. The van der Waals surface area contributed by atoms with Crippen molar-refractivity contribution < 1.29 is 0 Å². The first-order valence-corrected chi connectivity index (χ1v) is 7.44. The smallest absolute Gasteiger partial charge is 0.0449 e. The minimum Gasteiger partial charge on any atom is -0.308 e. The van der Waals surface area contributed by atoms with Crippen LogP contribution in [0.1, 0.15) is 17.2 Å². The van der Waals surface area contributed by atoms with Gasteiger partial charge in [-0.05, 0) is 23.3 Å². The maximum Gasteiger partial charge on any atom is 0.0449 e. The van der Waals surface area contributed by atoms with E-state index in [1.54, 1.807) is 0 Å². The highest BCUT2D eigenvalue weighted by molar-refractivity contribution is 6.30. The summed E-state index contributed by atoms with van der Waals surface area (Å²) in [6.45, 7) is 4.11. The zero-order valence-corrected chi connectivity index (χ0v) is 12.2. The largest absolute Gasteiger partial charge is 0.308 e. The van der Waals surface area contributed by atoms with Gasteiger partial charge in [0.15, 0.2) is 0 Å². The van der Waals surface area contributed by atoms with E-state index in [-0.39, 0.29) is 0 Å². The third-order valence-corrected chi connectivity index (χ3v) is 3.99. The summed E-state index contributed by atoms with van der Waals surface area (Å²) in [5.41, 5.74) is 2.65. The van der Waals surface area contributed by atoms with Crippen LogP contribution < -0.4 is 5.32 Å². The van der Waals surface area contributed by atoms with Crippen molar-refractivity contribution in [2.24, 2.45) is 0 Å². The second kappa shape index (κ2) is 6.40. The zero-order valence-electron chi connectivity index (χ0n) is 11.4. The predicted octanol–water partition coefficient (Wildman–Crippen LogP) is 3.49. The summed E-state index contributed by atoms with van der Waals surface area (Å²) in [6, 6.07) is 19.2. The molecule has 0 bridgehead atoms. The van der Waals surface area contributed by atoms with E-state index in [0.29, 0.717) is 6.04 Å². The Kier molecular flexibility index (Phi) is 4.36. The van der Waals surface area contributed by atoms with E-state index in [1.165, 1.54) is 11.1 Å². The van der Waals surface area contributed by atoms with Crippen molar-refractivity contribution in [3.63, 3.8) is 0 Å². The van der Waals surface area contributed by atoms with Crippen LogP contribution in [-0.2, 0) is 6.54 Å². The first-order valence-electron chi connectivity index (χ1n) is 7.06. The van der Waals surface area contributed by atoms with E-state index in [0.717, 1.165) is 31.2 Å². The molecule has 0 saturated carbocycles. The second-order valence-corrected chi connectivity index (χ2v) is 5.72. The van der Waals surface area contributed by atoms with Gasteiger partial charge in [0.1, 0.15) is 0 Å². The lowest BCUT2D eigenvalue weighted by molar-refractivity contribution is 0.193. The van der Waals surface area contributed by atoms with Gasteiger partial charge in [-0.25, -0.2) is 0 Å². The van der Waals surface area contributed by atoms with Crippen LogP contribution in [0.4, 0.5) is 0 Å². The fourth-order valence-electron chi connectivity index (χ4n) is 2.76. The fourth-order valence-corrected chi connectivity index (χ4v) is 2.97. The predicted molar refractivity (Wildman–Crippen MR) is 83.9 cm³/mol. The van der Waals surface area contributed by atoms with Crippen molar-refractivity contribution in [1.29, 1.82) is 0 Å². The van der Waals surface area contributed by atoms with Gasteiger partial charge in [-0.3, -0.25) is 4.90 Å². The summed E-state index contributed by atoms with van der Waals surface area (Å²) in [5, 5.41) is 4.41. The highest BCUT2D eigenvalue weighted by Gasteiger charge is 2.20. The molecule has 1 fully saturated rings. The number of hydrogen-bond donors (Lipinski definition) is 1. The molecule has 20 heavy (non-hydrogen) atoms. The topological polar surface area (TPSA) is 15.3 Å². The molecule has 0 aliphatic carbocycles. The van der Waals surface area contributed by atoms with Crippen LogP contribution >= 0.6 is 11.6 Å². The van der Waals surface area contributed by atoms with Crippen molar-refractivity contribution in [2.75, 3.05) is 19.6 Å². The molecule has 1 atom stereocenters. The van der Waals surface area contributed by atoms with Crippen LogP contribution in [-0.4, -0.2) is 24.5 Å². The van der Waals surface area contributed by atoms with Gasteiger partial charge in [0.2, 0.25) is 0 Å². The molecule has 2 aromatic carbocycles. The van der Waals surface area contributed by atoms with Crippen molar-refractivity contribution >= 4 is 11.6 Å². The molecule has 0 radical (unpaired) electrons. The number of rotatable bonds is 3. The average Bonchev–Trinajstić information content (AvgIpc) is 2.48. The maximum absolute atomic E-state index is 6.06. The molecule has 104 valence electrons. The van der Waals surface area contributed by atoms with Gasteiger partial charge in [0.25, 0.3) is 0 Å². The lowest BCUT2D eigenvalue weighted by atomic mass is 10.0. The third-order valence-electron chi connectivity index (χ3n) is 3.76. The summed E-state index contributed by atoms with van der Waals surface area (Å²) in [4.78, 5) is 2.49. The Bertz CT molecular complexity index is 556. The normalized spacial score (nSPS) is 19.9. The molecule has 0 aromatic heterocycles. The van der Waals surface area contributed by atoms with Crippen molar-refractivity contribution in [2.45, 2.75) is 12.6 Å². The lowest BCUT2D eigenvalue weighted by Crippen LogP contribution is -2.45. The van der Waals surface area contributed by atoms with Gasteiger partial charge in [0, 0.05) is 37.2 Å². The molecule has 1 saturated heterocycles. The van der Waals surface area contributed by atoms with Crippen LogP contribution in [0.15, 0.2) is 54.6 Å². The number of nitrogens with one attached hydrogen (secondary N) is 1. The first-order chi connectivity index (χ1) is 9.81. The molecule has 0 amide bonds. The van der Waals surface area contributed by atoms with E-state index in [1.807, 2.05) is 12.1 Å². The van der Waals surface area contributed by atoms with E-state index in [2.05, 4.69) is 52.7 Å². The maximum atomic E-state index is 6.06. The number of hydrogen-bond acceptors (Lipinski definition) is 2. The Labute approximate surface area is 125 Å². The summed E-state index contributed by atoms with van der Waals surface area (Å²) in [5.74, 6) is 0. The molecule has 3 heteroatoms. The minimum absolute atomic E-state index is 0.420. The van der Waals surface area contributed by atoms with Crippen molar-refractivity contribution in [3.05, 3.63) is 70.7 Å². The van der Waals surface area contributed by atoms with E-state index >= 15 is 0 Å². The van der Waals surface area contributed by atoms with E-state index in [4.69, 9.17) is 11.6 Å². The molecular formula is C17H19ClN2. The van der Waals surface area contributed by atoms with Gasteiger partial charge in [0.05, 0.1) is 0 Å². The van der Waals surface area contributed by atoms with Crippen LogP contribution in [0.2, 0.25) is 5.02 Å². The van der Waals surface area contributed by atoms with Gasteiger partial charge in [-0.15, -0.1) is 0 Å². The summed E-state index contributed by atoms with van der Waals surface area (Å²) < 4.78 is 0. The molecular weight excluding hydrogens is 268 g/mol. The molecule has 3 rings (SSSR count). The highest BCUT2D eigenvalue weighted by Crippen LogP contribution is 2.19. The van der Waals surface area contributed by atoms with Gasteiger partial charge < -0.3 is 5.32 Å². The molecule has 2 nitrogen and oxygen atoms in total. The lowest BCUT2D eigenvalue weighted by Gasteiger charge is -2.34. The standard InChI is InChI=1S/C17H19ClN2/c18-16-8-4-5-14(11-16)12-20-10-9-19-17(13-20)15-6-2-1-3-7-15/h1-8,11,17,19H,9-10,12-13H2. The summed E-state index contributed by atoms with van der Waals surface area (Å²) >= 11 is 6.06. The molecule has 1 aliphatic rings. The highest BCUT2D eigenvalue weighted by atomic mass is 35.5. The number of piperazine rings is 1. The van der Waals surface area contributed by atoms with Crippen LogP contribution in [0, 0.1) is 0 Å². The SMILES string of the molecule is Clc1cccc(CN2CCNC(c3ccccc3)C2)c1. The van der Waals surface area contributed by atoms with Crippen molar-refractivity contribution in [3.8, 4) is 0 Å². The van der Waals surface area contributed by atoms with E-state index in [9.17, 15) is 0 Å². The van der Waals surface area contributed by atoms with Gasteiger partial charge >= 0.3 is 0 Å². The van der Waals surface area contributed by atoms with Gasteiger partial charge in [-0.2, -0.15) is 0 Å². The Morgan fingerprint density at radius 2 is 1.95 bits per heavy atom. The number of nitrogens with zero attached hydrogens (tertiary/aromatic N) is 1. The molecule has 2 aromatic rings. The second-order valence-electron chi connectivity index (χ2n) is 5.28. The molecule has 1 N–H and O–H groups in total. The van der Waals surface area contributed by atoms with Gasteiger partial charge in [-0.1, -0.05) is 54.1 Å². The monoisotopic (exact) mass is 286 g/mol. The summed E-state index contributed by atoms with van der Waals surface area (Å²) in [7, 11) is 0. The Morgan fingerprint density at radius 1 is 1.10 bits per heavy atom. The Balaban J connectivity index is 1.66. The average molecular weight is 287 g/mol. The Morgan fingerprint density at radius 3 is 2.75 bits per heavy atom. The molecule has 1 unspecified atom stereocenters.